The monoisotopic (exact) mass is 404 g/mol. The number of fused-ring (bicyclic) bond motifs is 2. The lowest BCUT2D eigenvalue weighted by molar-refractivity contribution is -0.145. The Hall–Kier alpha value is -2.81. The van der Waals surface area contributed by atoms with Gasteiger partial charge in [-0.2, -0.15) is 0 Å². The van der Waals surface area contributed by atoms with E-state index in [0.29, 0.717) is 18.6 Å². The topological polar surface area (TPSA) is 35.5 Å². The van der Waals surface area contributed by atoms with Gasteiger partial charge in [0.05, 0.1) is 0 Å². The maximum absolute atomic E-state index is 11.9. The van der Waals surface area contributed by atoms with Crippen LogP contribution in [0.3, 0.4) is 0 Å². The maximum Gasteiger partial charge on any atom is 0.333 e. The molecule has 3 rings (SSSR count). The van der Waals surface area contributed by atoms with Gasteiger partial charge in [-0.05, 0) is 54.7 Å². The number of esters is 1. The van der Waals surface area contributed by atoms with Crippen LogP contribution in [0, 0.1) is 0 Å². The minimum atomic E-state index is -0.369. The summed E-state index contributed by atoms with van der Waals surface area (Å²) in [6.07, 6.45) is 5.10. The molecule has 0 aliphatic carbocycles. The van der Waals surface area contributed by atoms with Gasteiger partial charge in [0.15, 0.2) is 0 Å². The normalized spacial score (nSPS) is 12.1. The Labute approximate surface area is 179 Å². The molecule has 0 radical (unpaired) electrons. The summed E-state index contributed by atoms with van der Waals surface area (Å²) < 4.78 is 11.9. The van der Waals surface area contributed by atoms with Crippen molar-refractivity contribution in [3.8, 4) is 5.75 Å². The summed E-state index contributed by atoms with van der Waals surface area (Å²) in [6.45, 7) is 9.86. The zero-order valence-corrected chi connectivity index (χ0v) is 18.4. The molecule has 0 N–H and O–H groups in total. The smallest absolute Gasteiger partial charge is 0.333 e. The van der Waals surface area contributed by atoms with Gasteiger partial charge in [0.1, 0.15) is 18.5 Å². The van der Waals surface area contributed by atoms with Gasteiger partial charge in [0.2, 0.25) is 0 Å². The first-order valence-corrected chi connectivity index (χ1v) is 11.0. The van der Waals surface area contributed by atoms with Crippen molar-refractivity contribution in [1.29, 1.82) is 0 Å². The van der Waals surface area contributed by atoms with Crippen LogP contribution in [0.1, 0.15) is 52.0 Å². The molecule has 0 aliphatic heterocycles. The van der Waals surface area contributed by atoms with Gasteiger partial charge in [-0.3, -0.25) is 0 Å². The van der Waals surface area contributed by atoms with Gasteiger partial charge in [-0.15, -0.1) is 0 Å². The first-order valence-electron chi connectivity index (χ1n) is 11.0. The summed E-state index contributed by atoms with van der Waals surface area (Å²) in [6, 6.07) is 17.2. The third kappa shape index (κ3) is 5.21. The molecular formula is C27H32O3. The Morgan fingerprint density at radius 3 is 2.50 bits per heavy atom. The molecule has 0 heterocycles. The van der Waals surface area contributed by atoms with Crippen molar-refractivity contribution in [1.82, 2.24) is 0 Å². The first kappa shape index (κ1) is 21.9. The quantitative estimate of drug-likeness (QED) is 0.158. The van der Waals surface area contributed by atoms with Gasteiger partial charge in [-0.25, -0.2) is 4.79 Å². The summed E-state index contributed by atoms with van der Waals surface area (Å²) in [5.74, 6) is 0.497. The van der Waals surface area contributed by atoms with Crippen LogP contribution in [0.25, 0.3) is 21.5 Å². The largest absolute Gasteiger partial charge is 0.488 e. The fourth-order valence-electron chi connectivity index (χ4n) is 3.62. The molecule has 0 bridgehead atoms. The van der Waals surface area contributed by atoms with Crippen LogP contribution in [0.5, 0.6) is 5.75 Å². The number of unbranched alkanes of at least 4 members (excludes halogenated alkanes) is 2. The van der Waals surface area contributed by atoms with E-state index in [1.165, 1.54) is 24.8 Å². The van der Waals surface area contributed by atoms with E-state index in [2.05, 4.69) is 49.9 Å². The molecule has 158 valence electrons. The van der Waals surface area contributed by atoms with E-state index in [1.807, 2.05) is 19.1 Å². The zero-order valence-electron chi connectivity index (χ0n) is 18.4. The highest BCUT2D eigenvalue weighted by atomic mass is 16.6. The predicted octanol–water partition coefficient (Wildman–Crippen LogP) is 7.00. The van der Waals surface area contributed by atoms with Crippen LogP contribution in [0.15, 0.2) is 60.7 Å². The fourth-order valence-corrected chi connectivity index (χ4v) is 3.62. The SMILES string of the molecule is C=C(C)C(=O)OC(CC)COc1c2ccccc2cc2ccc(CCCCC)cc12. The Morgan fingerprint density at radius 1 is 1.00 bits per heavy atom. The Kier molecular flexibility index (Phi) is 7.51. The molecule has 3 aromatic rings. The molecular weight excluding hydrogens is 372 g/mol. The number of ether oxygens (including phenoxy) is 2. The van der Waals surface area contributed by atoms with Crippen LogP contribution in [0.2, 0.25) is 0 Å². The molecule has 0 saturated heterocycles. The van der Waals surface area contributed by atoms with E-state index >= 15 is 0 Å². The van der Waals surface area contributed by atoms with Gasteiger partial charge in [0.25, 0.3) is 0 Å². The summed E-state index contributed by atoms with van der Waals surface area (Å²) in [5.41, 5.74) is 1.73. The molecule has 0 aliphatic rings. The second kappa shape index (κ2) is 10.3. The summed E-state index contributed by atoms with van der Waals surface area (Å²) in [7, 11) is 0. The minimum Gasteiger partial charge on any atom is -0.488 e. The zero-order chi connectivity index (χ0) is 21.5. The summed E-state index contributed by atoms with van der Waals surface area (Å²) in [4.78, 5) is 11.9. The molecule has 0 amide bonds. The molecule has 30 heavy (non-hydrogen) atoms. The maximum atomic E-state index is 11.9. The Balaban J connectivity index is 1.95. The number of hydrogen-bond donors (Lipinski definition) is 0. The van der Waals surface area contributed by atoms with Crippen molar-refractivity contribution >= 4 is 27.5 Å². The van der Waals surface area contributed by atoms with E-state index < -0.39 is 0 Å². The van der Waals surface area contributed by atoms with Crippen LogP contribution in [0.4, 0.5) is 0 Å². The predicted molar refractivity (Wildman–Crippen MR) is 125 cm³/mol. The van der Waals surface area contributed by atoms with Crippen molar-refractivity contribution in [3.63, 3.8) is 0 Å². The molecule has 1 atom stereocenters. The number of carbonyl (C=O) groups excluding carboxylic acids is 1. The van der Waals surface area contributed by atoms with Gasteiger partial charge in [0, 0.05) is 16.3 Å². The lowest BCUT2D eigenvalue weighted by Crippen LogP contribution is -2.24. The third-order valence-corrected chi connectivity index (χ3v) is 5.44. The molecule has 3 nitrogen and oxygen atoms in total. The van der Waals surface area contributed by atoms with Crippen LogP contribution in [-0.2, 0) is 16.0 Å². The molecule has 0 aromatic heterocycles. The molecule has 1 unspecified atom stereocenters. The Morgan fingerprint density at radius 2 is 1.77 bits per heavy atom. The summed E-state index contributed by atoms with van der Waals surface area (Å²) >= 11 is 0. The van der Waals surface area contributed by atoms with Gasteiger partial charge < -0.3 is 9.47 Å². The first-order chi connectivity index (χ1) is 14.5. The number of aryl methyl sites for hydroxylation is 1. The van der Waals surface area contributed by atoms with Crippen molar-refractivity contribution in [2.24, 2.45) is 0 Å². The molecule has 0 fully saturated rings. The van der Waals surface area contributed by atoms with Crippen molar-refractivity contribution < 1.29 is 14.3 Å². The minimum absolute atomic E-state index is 0.309. The molecule has 3 aromatic carbocycles. The van der Waals surface area contributed by atoms with E-state index in [0.717, 1.165) is 33.7 Å². The average Bonchev–Trinajstić information content (AvgIpc) is 2.75. The van der Waals surface area contributed by atoms with Crippen LogP contribution in [-0.4, -0.2) is 18.7 Å². The van der Waals surface area contributed by atoms with Crippen LogP contribution >= 0.6 is 0 Å². The van der Waals surface area contributed by atoms with E-state index in [1.54, 1.807) is 6.92 Å². The number of carbonyl (C=O) groups is 1. The van der Waals surface area contributed by atoms with Crippen LogP contribution < -0.4 is 4.74 Å². The lowest BCUT2D eigenvalue weighted by Gasteiger charge is -2.19. The van der Waals surface area contributed by atoms with E-state index in [4.69, 9.17) is 9.47 Å². The fraction of sp³-hybridized carbons (Fsp3) is 0.370. The van der Waals surface area contributed by atoms with Crippen molar-refractivity contribution in [2.45, 2.75) is 59.0 Å². The standard InChI is InChI=1S/C27H32O3/c1-5-7-8-11-20-14-15-22-17-21-12-9-10-13-24(21)26(25(22)16-20)29-18-23(6-2)30-27(28)19(3)4/h9-10,12-17,23H,3,5-8,11,18H2,1-2,4H3. The van der Waals surface area contributed by atoms with E-state index in [9.17, 15) is 4.79 Å². The number of hydrogen-bond acceptors (Lipinski definition) is 3. The van der Waals surface area contributed by atoms with Gasteiger partial charge in [-0.1, -0.05) is 69.7 Å². The highest BCUT2D eigenvalue weighted by Gasteiger charge is 2.16. The lowest BCUT2D eigenvalue weighted by atomic mass is 9.98. The third-order valence-electron chi connectivity index (χ3n) is 5.44. The van der Waals surface area contributed by atoms with Gasteiger partial charge >= 0.3 is 5.97 Å². The molecule has 0 saturated carbocycles. The number of rotatable bonds is 10. The number of benzene rings is 3. The highest BCUT2D eigenvalue weighted by Crippen LogP contribution is 2.36. The van der Waals surface area contributed by atoms with Crippen molar-refractivity contribution in [2.75, 3.05) is 6.61 Å². The van der Waals surface area contributed by atoms with Crippen molar-refractivity contribution in [3.05, 3.63) is 66.2 Å². The molecule has 0 spiro atoms. The second-order valence-electron chi connectivity index (χ2n) is 7.97. The Bertz CT molecular complexity index is 1030. The summed E-state index contributed by atoms with van der Waals surface area (Å²) in [5, 5.41) is 4.50. The second-order valence-corrected chi connectivity index (χ2v) is 7.97. The molecule has 3 heteroatoms. The average molecular weight is 405 g/mol. The highest BCUT2D eigenvalue weighted by molar-refractivity contribution is 6.05. The van der Waals surface area contributed by atoms with E-state index in [-0.39, 0.29) is 12.1 Å².